The summed E-state index contributed by atoms with van der Waals surface area (Å²) < 4.78 is 0. The van der Waals surface area contributed by atoms with E-state index in [0.29, 0.717) is 5.82 Å². The highest BCUT2D eigenvalue weighted by molar-refractivity contribution is 5.85. The van der Waals surface area contributed by atoms with Crippen molar-refractivity contribution < 1.29 is 0 Å². The Morgan fingerprint density at radius 1 is 1.47 bits per heavy atom. The van der Waals surface area contributed by atoms with Crippen molar-refractivity contribution in [3.63, 3.8) is 0 Å². The van der Waals surface area contributed by atoms with Crippen LogP contribution in [-0.2, 0) is 5.54 Å². The van der Waals surface area contributed by atoms with Crippen LogP contribution < -0.4 is 11.3 Å². The molecule has 4 nitrogen and oxygen atoms in total. The zero-order valence-corrected chi connectivity index (χ0v) is 10.3. The van der Waals surface area contributed by atoms with Crippen LogP contribution in [0.1, 0.15) is 45.1 Å². The molecule has 3 N–H and O–H groups in total. The summed E-state index contributed by atoms with van der Waals surface area (Å²) in [5, 5.41) is 0. The molecule has 1 rings (SSSR count). The zero-order chi connectivity index (χ0) is 10.9. The van der Waals surface area contributed by atoms with Gasteiger partial charge >= 0.3 is 0 Å². The minimum atomic E-state index is -0.607. The van der Waals surface area contributed by atoms with Crippen molar-refractivity contribution >= 4 is 12.4 Å². The van der Waals surface area contributed by atoms with Gasteiger partial charge in [-0.15, -0.1) is 12.4 Å². The van der Waals surface area contributed by atoms with E-state index in [4.69, 9.17) is 5.73 Å². The van der Waals surface area contributed by atoms with Crippen molar-refractivity contribution in [1.82, 2.24) is 9.97 Å². The smallest absolute Gasteiger partial charge is 0.251 e. The summed E-state index contributed by atoms with van der Waals surface area (Å²) in [5.74, 6) is 0.770. The van der Waals surface area contributed by atoms with Crippen LogP contribution >= 0.6 is 12.4 Å². The summed E-state index contributed by atoms with van der Waals surface area (Å²) in [6.45, 7) is 7.62. The fourth-order valence-electron chi connectivity index (χ4n) is 1.08. The van der Waals surface area contributed by atoms with Gasteiger partial charge in [0, 0.05) is 6.07 Å². The fraction of sp³-hybridized carbons (Fsp3) is 0.600. The van der Waals surface area contributed by atoms with Gasteiger partial charge in [0.25, 0.3) is 5.56 Å². The Morgan fingerprint density at radius 3 is 2.40 bits per heavy atom. The quantitative estimate of drug-likeness (QED) is 0.811. The van der Waals surface area contributed by atoms with Gasteiger partial charge in [0.1, 0.15) is 5.82 Å². The number of nitrogens with zero attached hydrogens (tertiary/aromatic N) is 1. The van der Waals surface area contributed by atoms with Crippen molar-refractivity contribution in [1.29, 1.82) is 0 Å². The molecular formula is C10H18ClN3O. The van der Waals surface area contributed by atoms with Gasteiger partial charge in [-0.3, -0.25) is 4.79 Å². The summed E-state index contributed by atoms with van der Waals surface area (Å²) in [6.07, 6.45) is 0. The van der Waals surface area contributed by atoms with E-state index in [1.165, 1.54) is 6.07 Å². The molecule has 0 fully saturated rings. The van der Waals surface area contributed by atoms with Crippen LogP contribution in [0.5, 0.6) is 0 Å². The average Bonchev–Trinajstić information content (AvgIpc) is 2.01. The molecule has 0 atom stereocenters. The largest absolute Gasteiger partial charge is 0.319 e. The molecule has 86 valence electrons. The van der Waals surface area contributed by atoms with Gasteiger partial charge in [0.05, 0.1) is 11.2 Å². The van der Waals surface area contributed by atoms with Crippen LogP contribution in [0.15, 0.2) is 10.9 Å². The minimum absolute atomic E-state index is 0. The molecule has 5 heteroatoms. The van der Waals surface area contributed by atoms with Crippen molar-refractivity contribution in [2.24, 2.45) is 5.73 Å². The number of aromatic nitrogens is 2. The molecule has 0 bridgehead atoms. The van der Waals surface area contributed by atoms with Crippen molar-refractivity contribution in [2.75, 3.05) is 0 Å². The van der Waals surface area contributed by atoms with Crippen molar-refractivity contribution in [3.8, 4) is 0 Å². The topological polar surface area (TPSA) is 71.8 Å². The second kappa shape index (κ2) is 4.77. The molecule has 0 spiro atoms. The lowest BCUT2D eigenvalue weighted by molar-refractivity contribution is 0.506. The van der Waals surface area contributed by atoms with Crippen LogP contribution in [0.4, 0.5) is 0 Å². The zero-order valence-electron chi connectivity index (χ0n) is 9.50. The molecule has 0 aliphatic rings. The molecule has 1 aromatic rings. The number of hydrogen-bond acceptors (Lipinski definition) is 3. The first-order valence-corrected chi connectivity index (χ1v) is 4.71. The molecule has 0 aromatic carbocycles. The normalized spacial score (nSPS) is 11.3. The maximum atomic E-state index is 11.3. The lowest BCUT2D eigenvalue weighted by atomic mass is 10.1. The molecule has 0 aliphatic carbocycles. The first kappa shape index (κ1) is 14.1. The van der Waals surface area contributed by atoms with Crippen LogP contribution in [-0.4, -0.2) is 9.97 Å². The fourth-order valence-corrected chi connectivity index (χ4v) is 1.08. The summed E-state index contributed by atoms with van der Waals surface area (Å²) >= 11 is 0. The number of hydrogen-bond donors (Lipinski definition) is 2. The monoisotopic (exact) mass is 231 g/mol. The summed E-state index contributed by atoms with van der Waals surface area (Å²) in [6, 6.07) is 1.51. The summed E-state index contributed by atoms with van der Waals surface area (Å²) in [5.41, 5.74) is 5.89. The second-order valence-electron chi connectivity index (χ2n) is 4.40. The van der Waals surface area contributed by atoms with Crippen molar-refractivity contribution in [2.45, 2.75) is 39.2 Å². The number of H-pyrrole nitrogens is 1. The molecule has 0 saturated heterocycles. The molecule has 0 aliphatic heterocycles. The third kappa shape index (κ3) is 3.64. The van der Waals surface area contributed by atoms with Gasteiger partial charge in [0.15, 0.2) is 0 Å². The molecule has 0 amide bonds. The van der Waals surface area contributed by atoms with E-state index in [0.717, 1.165) is 5.69 Å². The first-order valence-electron chi connectivity index (χ1n) is 4.71. The van der Waals surface area contributed by atoms with Gasteiger partial charge < -0.3 is 10.7 Å². The molecule has 0 saturated carbocycles. The second-order valence-corrected chi connectivity index (χ2v) is 4.40. The van der Waals surface area contributed by atoms with E-state index in [1.54, 1.807) is 0 Å². The number of rotatable bonds is 2. The maximum Gasteiger partial charge on any atom is 0.251 e. The van der Waals surface area contributed by atoms with E-state index < -0.39 is 5.54 Å². The Bertz CT molecular complexity index is 379. The molecule has 0 unspecified atom stereocenters. The van der Waals surface area contributed by atoms with Crippen LogP contribution in [0.2, 0.25) is 0 Å². The lowest BCUT2D eigenvalue weighted by Crippen LogP contribution is -2.34. The van der Waals surface area contributed by atoms with Gasteiger partial charge in [0.2, 0.25) is 0 Å². The Morgan fingerprint density at radius 2 is 2.00 bits per heavy atom. The number of aromatic amines is 1. The highest BCUT2D eigenvalue weighted by Crippen LogP contribution is 2.14. The van der Waals surface area contributed by atoms with Gasteiger partial charge in [-0.25, -0.2) is 4.98 Å². The third-order valence-corrected chi connectivity index (χ3v) is 1.96. The molecule has 0 radical (unpaired) electrons. The Hall–Kier alpha value is -0.870. The standard InChI is InChI=1S/C10H17N3O.ClH/c1-6(2)7-5-8(14)13-9(12-7)10(3,4)11;/h5-6H,11H2,1-4H3,(H,12,13,14);1H. The van der Waals surface area contributed by atoms with E-state index in [9.17, 15) is 4.79 Å². The molecular weight excluding hydrogens is 214 g/mol. The highest BCUT2D eigenvalue weighted by Gasteiger charge is 2.18. The summed E-state index contributed by atoms with van der Waals surface area (Å²) in [4.78, 5) is 18.3. The number of halogens is 1. The molecule has 1 aromatic heterocycles. The van der Waals surface area contributed by atoms with Gasteiger partial charge in [-0.1, -0.05) is 13.8 Å². The van der Waals surface area contributed by atoms with Crippen LogP contribution in [0, 0.1) is 0 Å². The Kier molecular flexibility index (Phi) is 4.49. The van der Waals surface area contributed by atoms with E-state index in [2.05, 4.69) is 9.97 Å². The van der Waals surface area contributed by atoms with E-state index in [1.807, 2.05) is 27.7 Å². The maximum absolute atomic E-state index is 11.3. The molecule has 15 heavy (non-hydrogen) atoms. The predicted octanol–water partition coefficient (Wildman–Crippen LogP) is 1.51. The van der Waals surface area contributed by atoms with Gasteiger partial charge in [-0.05, 0) is 19.8 Å². The highest BCUT2D eigenvalue weighted by atomic mass is 35.5. The Labute approximate surface area is 95.7 Å². The third-order valence-electron chi connectivity index (χ3n) is 1.96. The number of nitrogens with one attached hydrogen (secondary N) is 1. The van der Waals surface area contributed by atoms with Crippen LogP contribution in [0.3, 0.4) is 0 Å². The average molecular weight is 232 g/mol. The lowest BCUT2D eigenvalue weighted by Gasteiger charge is -2.18. The van der Waals surface area contributed by atoms with E-state index >= 15 is 0 Å². The van der Waals surface area contributed by atoms with Crippen molar-refractivity contribution in [3.05, 3.63) is 27.9 Å². The Balaban J connectivity index is 0.00000196. The van der Waals surface area contributed by atoms with Crippen LogP contribution in [0.25, 0.3) is 0 Å². The SMILES string of the molecule is CC(C)c1cc(=O)[nH]c(C(C)(C)N)n1.Cl. The number of nitrogens with two attached hydrogens (primary N) is 1. The van der Waals surface area contributed by atoms with Gasteiger partial charge in [-0.2, -0.15) is 0 Å². The minimum Gasteiger partial charge on any atom is -0.319 e. The first-order chi connectivity index (χ1) is 6.30. The molecule has 1 heterocycles. The van der Waals surface area contributed by atoms with E-state index in [-0.39, 0.29) is 23.9 Å². The summed E-state index contributed by atoms with van der Waals surface area (Å²) in [7, 11) is 0. The predicted molar refractivity (Wildman–Crippen MR) is 63.4 cm³/mol.